The maximum absolute atomic E-state index is 11.9. The number of rotatable bonds is 14. The van der Waals surface area contributed by atoms with E-state index in [1.54, 1.807) is 74.8 Å². The third-order valence-corrected chi connectivity index (χ3v) is 7.25. The molecule has 24 nitrogen and oxygen atoms in total. The second-order valence-electron chi connectivity index (χ2n) is 10.8. The number of carbonyl (C=O) groups is 2. The van der Waals surface area contributed by atoms with Gasteiger partial charge in [0.15, 0.2) is 6.29 Å². The van der Waals surface area contributed by atoms with Gasteiger partial charge in [-0.05, 0) is 62.4 Å². The second-order valence-corrected chi connectivity index (χ2v) is 10.8. The molecule has 4 N–H and O–H groups in total. The number of hydrogen-bond donors (Lipinski definition) is 4. The Morgan fingerprint density at radius 2 is 1.18 bits per heavy atom. The molecule has 0 amide bonds. The van der Waals surface area contributed by atoms with Gasteiger partial charge in [0.05, 0.1) is 67.9 Å². The molecule has 0 saturated carbocycles. The Hall–Kier alpha value is -6.18. The Morgan fingerprint density at radius 3 is 1.55 bits per heavy atom. The molecular formula is C31H38N8O16. The van der Waals surface area contributed by atoms with Crippen molar-refractivity contribution < 1.29 is 68.8 Å². The first-order valence-corrected chi connectivity index (χ1v) is 16.1. The summed E-state index contributed by atoms with van der Waals surface area (Å²) in [6.45, 7) is 3.47. The van der Waals surface area contributed by atoms with E-state index in [1.807, 2.05) is 0 Å². The Labute approximate surface area is 310 Å². The van der Waals surface area contributed by atoms with Crippen molar-refractivity contribution in [3.8, 4) is 11.4 Å². The fraction of sp³-hybridized carbons (Fsp3) is 0.419. The summed E-state index contributed by atoms with van der Waals surface area (Å²) in [5.74, 6) is -0.830. The summed E-state index contributed by atoms with van der Waals surface area (Å²) in [5, 5.41) is 64.7. The lowest BCUT2D eigenvalue weighted by atomic mass is 9.98. The topological polar surface area (TPSA) is 318 Å². The van der Waals surface area contributed by atoms with E-state index >= 15 is 0 Å². The third kappa shape index (κ3) is 13.0. The van der Waals surface area contributed by atoms with Crippen LogP contribution in [0.25, 0.3) is 11.4 Å². The van der Waals surface area contributed by atoms with Crippen LogP contribution in [0, 0.1) is 20.2 Å². The van der Waals surface area contributed by atoms with Crippen molar-refractivity contribution in [3.63, 3.8) is 0 Å². The number of esters is 2. The van der Waals surface area contributed by atoms with E-state index in [0.717, 1.165) is 0 Å². The molecule has 55 heavy (non-hydrogen) atoms. The summed E-state index contributed by atoms with van der Waals surface area (Å²) < 4.78 is 36.5. The van der Waals surface area contributed by atoms with Crippen LogP contribution in [0.2, 0.25) is 0 Å². The van der Waals surface area contributed by atoms with Crippen LogP contribution in [0.1, 0.15) is 46.0 Å². The van der Waals surface area contributed by atoms with Crippen molar-refractivity contribution in [2.45, 2.75) is 57.8 Å². The van der Waals surface area contributed by atoms with Crippen molar-refractivity contribution in [3.05, 3.63) is 104 Å². The monoisotopic (exact) mass is 778 g/mol. The van der Waals surface area contributed by atoms with E-state index in [1.165, 1.54) is 16.5 Å². The van der Waals surface area contributed by atoms with Crippen LogP contribution >= 0.6 is 0 Å². The van der Waals surface area contributed by atoms with Gasteiger partial charge in [0.2, 0.25) is 0 Å². The second kappa shape index (κ2) is 21.5. The van der Waals surface area contributed by atoms with E-state index in [-0.39, 0.29) is 26.4 Å². The SMILES string of the molecule is CCOC(=O)c1ccc(-n2cc(CO[C@H]3[C@@H](OC)O[C@H](CO)[C@@H](O)[C@@H]3OCc3cn(-c4ccc(C(=O)OCC)cc4)nn3)nn2)cc1.O=[N+]([O-])O.O=[N+]([O-])O. The quantitative estimate of drug-likeness (QED) is 0.0777. The maximum atomic E-state index is 11.9. The number of hydrogen-bond acceptors (Lipinski definition) is 18. The Balaban J connectivity index is 0.000000925. The van der Waals surface area contributed by atoms with Crippen molar-refractivity contribution in [1.29, 1.82) is 0 Å². The van der Waals surface area contributed by atoms with Crippen LogP contribution in [0.4, 0.5) is 0 Å². The smallest absolute Gasteiger partial charge is 0.338 e. The van der Waals surface area contributed by atoms with Gasteiger partial charge in [-0.1, -0.05) is 10.4 Å². The number of ether oxygens (including phenoxy) is 6. The van der Waals surface area contributed by atoms with Gasteiger partial charge in [-0.25, -0.2) is 19.0 Å². The highest BCUT2D eigenvalue weighted by Gasteiger charge is 2.47. The molecule has 1 aliphatic rings. The van der Waals surface area contributed by atoms with E-state index in [2.05, 4.69) is 20.6 Å². The first-order valence-electron chi connectivity index (χ1n) is 16.1. The minimum Gasteiger partial charge on any atom is -0.462 e. The predicted octanol–water partition coefficient (Wildman–Crippen LogP) is 0.701. The largest absolute Gasteiger partial charge is 0.462 e. The van der Waals surface area contributed by atoms with Gasteiger partial charge in [0, 0.05) is 7.11 Å². The molecule has 5 rings (SSSR count). The lowest BCUT2D eigenvalue weighted by Gasteiger charge is -2.43. The summed E-state index contributed by atoms with van der Waals surface area (Å²) in [4.78, 5) is 40.6. The van der Waals surface area contributed by atoms with Crippen molar-refractivity contribution in [1.82, 2.24) is 30.0 Å². The molecule has 0 spiro atoms. The molecule has 1 saturated heterocycles. The zero-order valence-corrected chi connectivity index (χ0v) is 29.5. The average molecular weight is 779 g/mol. The number of aromatic nitrogens is 6. The minimum atomic E-state index is -1.50. The summed E-state index contributed by atoms with van der Waals surface area (Å²) in [5.41, 5.74) is 3.06. The summed E-state index contributed by atoms with van der Waals surface area (Å²) >= 11 is 0. The number of methoxy groups -OCH3 is 1. The first kappa shape index (κ1) is 43.2. The van der Waals surface area contributed by atoms with E-state index < -0.39 is 59.4 Å². The van der Waals surface area contributed by atoms with Crippen LogP contribution in [0.5, 0.6) is 0 Å². The van der Waals surface area contributed by atoms with Gasteiger partial charge in [-0.15, -0.1) is 30.4 Å². The molecule has 2 aromatic carbocycles. The molecule has 0 unspecified atom stereocenters. The molecule has 3 heterocycles. The zero-order valence-electron chi connectivity index (χ0n) is 29.5. The highest BCUT2D eigenvalue weighted by molar-refractivity contribution is 5.90. The average Bonchev–Trinajstić information content (AvgIpc) is 3.84. The molecule has 0 bridgehead atoms. The maximum Gasteiger partial charge on any atom is 0.338 e. The number of nitrogens with zero attached hydrogens (tertiary/aromatic N) is 8. The summed E-state index contributed by atoms with van der Waals surface area (Å²) in [6.07, 6.45) is -1.87. The number of aliphatic hydroxyl groups is 2. The van der Waals surface area contributed by atoms with Crippen LogP contribution in [-0.4, -0.2) is 130 Å². The van der Waals surface area contributed by atoms with Crippen LogP contribution in [0.15, 0.2) is 60.9 Å². The standard InChI is InChI=1S/C31H36N6O10.2HNO3/c1-4-43-29(40)19-6-10-23(11-7-19)36-14-21(32-34-36)17-45-27-26(39)25(16-38)47-31(42-3)28(27)46-18-22-15-37(35-33-22)24-12-8-20(9-13-24)30(41)44-5-2;2*2-1(3)4/h6-15,25-28,31,38-39H,4-5,16-18H2,1-3H3;2*(H,2,3,4)/t25-,26-,27+,28-,31+;;/m1../s1. The van der Waals surface area contributed by atoms with E-state index in [0.29, 0.717) is 33.9 Å². The molecular weight excluding hydrogens is 740 g/mol. The molecule has 4 aromatic rings. The van der Waals surface area contributed by atoms with Gasteiger partial charge < -0.3 is 49.0 Å². The molecule has 0 radical (unpaired) electrons. The fourth-order valence-electron chi connectivity index (χ4n) is 4.87. The van der Waals surface area contributed by atoms with Gasteiger partial charge in [0.1, 0.15) is 35.8 Å². The van der Waals surface area contributed by atoms with Gasteiger partial charge in [0.25, 0.3) is 10.2 Å². The lowest BCUT2D eigenvalue weighted by molar-refractivity contribution is -0.742. The molecule has 1 aliphatic heterocycles. The van der Waals surface area contributed by atoms with Crippen molar-refractivity contribution >= 4 is 11.9 Å². The number of aliphatic hydroxyl groups excluding tert-OH is 2. The molecule has 298 valence electrons. The number of benzene rings is 2. The Bertz CT molecular complexity index is 1800. The van der Waals surface area contributed by atoms with Gasteiger partial charge in [-0.3, -0.25) is 0 Å². The molecule has 24 heteroatoms. The van der Waals surface area contributed by atoms with Crippen molar-refractivity contribution in [2.24, 2.45) is 0 Å². The Morgan fingerprint density at radius 1 is 0.782 bits per heavy atom. The lowest BCUT2D eigenvalue weighted by Crippen LogP contribution is -2.60. The molecule has 2 aromatic heterocycles. The molecule has 0 aliphatic carbocycles. The fourth-order valence-corrected chi connectivity index (χ4v) is 4.87. The van der Waals surface area contributed by atoms with Gasteiger partial charge in [-0.2, -0.15) is 0 Å². The highest BCUT2D eigenvalue weighted by atomic mass is 16.9. The summed E-state index contributed by atoms with van der Waals surface area (Å²) in [6, 6.07) is 13.4. The summed E-state index contributed by atoms with van der Waals surface area (Å²) in [7, 11) is 1.42. The predicted molar refractivity (Wildman–Crippen MR) is 178 cm³/mol. The zero-order chi connectivity index (χ0) is 40.5. The van der Waals surface area contributed by atoms with Gasteiger partial charge >= 0.3 is 11.9 Å². The molecule has 5 atom stereocenters. The highest BCUT2D eigenvalue weighted by Crippen LogP contribution is 2.28. The minimum absolute atomic E-state index is 0.0385. The van der Waals surface area contributed by atoms with Crippen LogP contribution < -0.4 is 0 Å². The normalized spacial score (nSPS) is 18.8. The van der Waals surface area contributed by atoms with E-state index in [4.69, 9.17) is 59.1 Å². The van der Waals surface area contributed by atoms with Crippen LogP contribution in [0.3, 0.4) is 0 Å². The number of carbonyl (C=O) groups excluding carboxylic acids is 2. The third-order valence-electron chi connectivity index (χ3n) is 7.25. The molecule has 1 fully saturated rings. The van der Waals surface area contributed by atoms with Crippen LogP contribution in [-0.2, 0) is 41.6 Å². The first-order chi connectivity index (χ1) is 26.3. The van der Waals surface area contributed by atoms with Crippen molar-refractivity contribution in [2.75, 3.05) is 26.9 Å². The Kier molecular flexibility index (Phi) is 16.9. The van der Waals surface area contributed by atoms with E-state index in [9.17, 15) is 19.8 Å².